The zero-order valence-electron chi connectivity index (χ0n) is 10.2. The summed E-state index contributed by atoms with van der Waals surface area (Å²) < 4.78 is 5.21. The summed E-state index contributed by atoms with van der Waals surface area (Å²) in [6.07, 6.45) is 3.59. The summed E-state index contributed by atoms with van der Waals surface area (Å²) in [4.78, 5) is 15.7. The van der Waals surface area contributed by atoms with Crippen molar-refractivity contribution in [2.24, 2.45) is 5.10 Å². The van der Waals surface area contributed by atoms with Crippen molar-refractivity contribution in [2.75, 3.05) is 39.4 Å². The lowest BCUT2D eigenvalue weighted by Gasteiger charge is -2.29. The summed E-state index contributed by atoms with van der Waals surface area (Å²) in [7, 11) is 0. The third-order valence-electron chi connectivity index (χ3n) is 2.70. The van der Waals surface area contributed by atoms with E-state index in [9.17, 15) is 4.79 Å². The highest BCUT2D eigenvalue weighted by molar-refractivity contribution is 5.31. The van der Waals surface area contributed by atoms with Gasteiger partial charge in [-0.1, -0.05) is 0 Å². The second kappa shape index (κ2) is 7.39. The van der Waals surface area contributed by atoms with E-state index in [0.717, 1.165) is 44.3 Å². The fraction of sp³-hybridized carbons (Fsp3) is 0.889. The SMILES string of the molecule is O=C=NN(NNN1CCOCC1)ON1CCCC1. The Balaban J connectivity index is 1.72. The van der Waals surface area contributed by atoms with Gasteiger partial charge in [-0.2, -0.15) is 10.6 Å². The number of carbonyl (C=O) groups excluding carboxylic acids is 1. The fourth-order valence-corrected chi connectivity index (χ4v) is 1.77. The largest absolute Gasteiger partial charge is 0.379 e. The molecule has 0 aliphatic carbocycles. The zero-order chi connectivity index (χ0) is 12.6. The van der Waals surface area contributed by atoms with Crippen molar-refractivity contribution in [3.8, 4) is 0 Å². The molecular formula is C9H18N6O3. The minimum absolute atomic E-state index is 0.665. The normalized spacial score (nSPS) is 21.8. The summed E-state index contributed by atoms with van der Waals surface area (Å²) in [5.74, 6) is 0. The molecule has 0 aromatic carbocycles. The summed E-state index contributed by atoms with van der Waals surface area (Å²) in [6, 6.07) is 0. The highest BCUT2D eigenvalue weighted by Gasteiger charge is 2.17. The van der Waals surface area contributed by atoms with Crippen LogP contribution in [0.5, 0.6) is 0 Å². The minimum Gasteiger partial charge on any atom is -0.379 e. The van der Waals surface area contributed by atoms with Gasteiger partial charge in [0, 0.05) is 26.2 Å². The standard InChI is InChI=1S/C9H18N6O3/c16-9-10-15(18-14-3-1-2-4-14)12-11-13-5-7-17-8-6-13/h11-12H,1-8H2. The van der Waals surface area contributed by atoms with Gasteiger partial charge in [0.1, 0.15) is 0 Å². The summed E-state index contributed by atoms with van der Waals surface area (Å²) in [5, 5.41) is 8.01. The van der Waals surface area contributed by atoms with Gasteiger partial charge in [-0.15, -0.1) is 10.5 Å². The second-order valence-electron chi connectivity index (χ2n) is 4.01. The number of hydroxylamine groups is 2. The fourth-order valence-electron chi connectivity index (χ4n) is 1.77. The predicted octanol–water partition coefficient (Wildman–Crippen LogP) is -1.26. The van der Waals surface area contributed by atoms with E-state index < -0.39 is 0 Å². The number of hydrazine groups is 3. The molecule has 0 amide bonds. The van der Waals surface area contributed by atoms with Crippen LogP contribution in [0.1, 0.15) is 12.8 Å². The van der Waals surface area contributed by atoms with Crippen LogP contribution in [0, 0.1) is 0 Å². The van der Waals surface area contributed by atoms with E-state index in [-0.39, 0.29) is 0 Å². The Morgan fingerprint density at radius 1 is 1.22 bits per heavy atom. The van der Waals surface area contributed by atoms with Crippen molar-refractivity contribution in [1.82, 2.24) is 26.4 Å². The van der Waals surface area contributed by atoms with Crippen molar-refractivity contribution in [3.63, 3.8) is 0 Å². The van der Waals surface area contributed by atoms with Crippen LogP contribution in [-0.4, -0.2) is 60.8 Å². The molecule has 18 heavy (non-hydrogen) atoms. The molecule has 102 valence electrons. The molecule has 2 rings (SSSR count). The Kier molecular flexibility index (Phi) is 5.49. The zero-order valence-corrected chi connectivity index (χ0v) is 10.2. The number of nitrogens with zero attached hydrogens (tertiary/aromatic N) is 4. The Morgan fingerprint density at radius 3 is 2.61 bits per heavy atom. The first-order valence-electron chi connectivity index (χ1n) is 6.03. The van der Waals surface area contributed by atoms with Crippen LogP contribution in [0.15, 0.2) is 5.10 Å². The lowest BCUT2D eigenvalue weighted by atomic mass is 10.4. The van der Waals surface area contributed by atoms with Crippen LogP contribution >= 0.6 is 0 Å². The molecule has 0 aromatic heterocycles. The maximum atomic E-state index is 10.3. The number of isocyanates is 1. The maximum Gasteiger partial charge on any atom is 0.261 e. The number of hydrogen-bond donors (Lipinski definition) is 2. The van der Waals surface area contributed by atoms with Crippen LogP contribution < -0.4 is 11.1 Å². The molecule has 2 N–H and O–H groups in total. The van der Waals surface area contributed by atoms with E-state index in [1.54, 1.807) is 5.06 Å². The Morgan fingerprint density at radius 2 is 1.94 bits per heavy atom. The van der Waals surface area contributed by atoms with Crippen LogP contribution in [0.2, 0.25) is 0 Å². The molecule has 0 unspecified atom stereocenters. The topological polar surface area (TPSA) is 81.7 Å². The highest BCUT2D eigenvalue weighted by Crippen LogP contribution is 2.08. The Labute approximate surface area is 105 Å². The Bertz CT molecular complexity index is 286. The van der Waals surface area contributed by atoms with Gasteiger partial charge in [0.25, 0.3) is 6.08 Å². The molecule has 0 saturated carbocycles. The quantitative estimate of drug-likeness (QED) is 0.347. The molecule has 2 saturated heterocycles. The first-order chi connectivity index (χ1) is 8.88. The lowest BCUT2D eigenvalue weighted by molar-refractivity contribution is -0.350. The first-order valence-corrected chi connectivity index (χ1v) is 6.03. The van der Waals surface area contributed by atoms with E-state index in [1.165, 1.54) is 6.08 Å². The molecule has 2 heterocycles. The van der Waals surface area contributed by atoms with Crippen molar-refractivity contribution >= 4 is 6.08 Å². The number of morpholine rings is 1. The van der Waals surface area contributed by atoms with Gasteiger partial charge in [-0.05, 0) is 23.2 Å². The lowest BCUT2D eigenvalue weighted by Crippen LogP contribution is -2.57. The average molecular weight is 258 g/mol. The molecule has 0 aromatic rings. The van der Waals surface area contributed by atoms with E-state index in [1.807, 2.05) is 5.01 Å². The predicted molar refractivity (Wildman–Crippen MR) is 60.5 cm³/mol. The molecule has 0 bridgehead atoms. The average Bonchev–Trinajstić information content (AvgIpc) is 2.90. The first kappa shape index (κ1) is 13.4. The van der Waals surface area contributed by atoms with Crippen molar-refractivity contribution < 1.29 is 14.5 Å². The van der Waals surface area contributed by atoms with E-state index in [4.69, 9.17) is 9.68 Å². The molecule has 9 heteroatoms. The molecule has 2 fully saturated rings. The van der Waals surface area contributed by atoms with Gasteiger partial charge in [0.2, 0.25) is 0 Å². The van der Waals surface area contributed by atoms with Gasteiger partial charge in [0.15, 0.2) is 0 Å². The van der Waals surface area contributed by atoms with Crippen LogP contribution in [0.25, 0.3) is 0 Å². The van der Waals surface area contributed by atoms with Gasteiger partial charge in [-0.25, -0.2) is 9.80 Å². The van der Waals surface area contributed by atoms with Crippen molar-refractivity contribution in [1.29, 1.82) is 0 Å². The molecule has 9 nitrogen and oxygen atoms in total. The minimum atomic E-state index is 0.665. The molecule has 0 radical (unpaired) electrons. The third-order valence-corrected chi connectivity index (χ3v) is 2.70. The molecule has 2 aliphatic heterocycles. The summed E-state index contributed by atoms with van der Waals surface area (Å²) in [6.45, 7) is 4.47. The Hall–Kier alpha value is -1.06. The van der Waals surface area contributed by atoms with Crippen LogP contribution in [0.3, 0.4) is 0 Å². The van der Waals surface area contributed by atoms with E-state index in [2.05, 4.69) is 16.2 Å². The van der Waals surface area contributed by atoms with E-state index in [0.29, 0.717) is 13.2 Å². The number of ether oxygens (including phenoxy) is 1. The number of nitrogens with one attached hydrogen (secondary N) is 2. The van der Waals surface area contributed by atoms with Crippen molar-refractivity contribution in [3.05, 3.63) is 0 Å². The molecule has 0 atom stereocenters. The monoisotopic (exact) mass is 258 g/mol. The third kappa shape index (κ3) is 4.31. The second-order valence-corrected chi connectivity index (χ2v) is 4.01. The summed E-state index contributed by atoms with van der Waals surface area (Å²) >= 11 is 0. The van der Waals surface area contributed by atoms with Gasteiger partial charge < -0.3 is 4.74 Å². The molecule has 2 aliphatic rings. The highest BCUT2D eigenvalue weighted by atomic mass is 16.9. The molecular weight excluding hydrogens is 240 g/mol. The smallest absolute Gasteiger partial charge is 0.261 e. The number of hydrazone groups is 1. The van der Waals surface area contributed by atoms with E-state index >= 15 is 0 Å². The van der Waals surface area contributed by atoms with Crippen LogP contribution in [0.4, 0.5) is 0 Å². The van der Waals surface area contributed by atoms with Gasteiger partial charge in [-0.3, -0.25) is 0 Å². The van der Waals surface area contributed by atoms with Crippen molar-refractivity contribution in [2.45, 2.75) is 12.8 Å². The van der Waals surface area contributed by atoms with Gasteiger partial charge in [0.05, 0.1) is 13.2 Å². The summed E-state index contributed by atoms with van der Waals surface area (Å²) in [5.41, 5.74) is 5.56. The van der Waals surface area contributed by atoms with Crippen LogP contribution in [-0.2, 0) is 14.5 Å². The maximum absolute atomic E-state index is 10.3. The number of hydrogen-bond acceptors (Lipinski definition) is 9. The molecule has 0 spiro atoms. The number of rotatable bonds is 6. The van der Waals surface area contributed by atoms with Gasteiger partial charge >= 0.3 is 0 Å².